The van der Waals surface area contributed by atoms with E-state index in [0.717, 1.165) is 20.1 Å². The second-order valence-electron chi connectivity index (χ2n) is 7.42. The van der Waals surface area contributed by atoms with Crippen LogP contribution in [0.3, 0.4) is 0 Å². The Morgan fingerprint density at radius 1 is 0.633 bits per heavy atom. The van der Waals surface area contributed by atoms with Crippen molar-refractivity contribution in [3.05, 3.63) is 91.9 Å². The molecule has 0 spiro atoms. The maximum atomic E-state index is 12.8. The summed E-state index contributed by atoms with van der Waals surface area (Å²) in [7, 11) is 0. The van der Waals surface area contributed by atoms with Gasteiger partial charge in [0.2, 0.25) is 0 Å². The van der Waals surface area contributed by atoms with Gasteiger partial charge in [-0.3, -0.25) is 9.59 Å². The highest BCUT2D eigenvalue weighted by Crippen LogP contribution is 2.43. The lowest BCUT2D eigenvalue weighted by Gasteiger charge is -2.30. The summed E-state index contributed by atoms with van der Waals surface area (Å²) < 4.78 is 14.2. The topological polar surface area (TPSA) is 52.6 Å². The lowest BCUT2D eigenvalue weighted by Crippen LogP contribution is -2.24. The highest BCUT2D eigenvalue weighted by molar-refractivity contribution is 9.10. The Labute approximate surface area is 190 Å². The van der Waals surface area contributed by atoms with E-state index >= 15 is 0 Å². The van der Waals surface area contributed by atoms with Gasteiger partial charge in [0.15, 0.2) is 11.6 Å². The zero-order chi connectivity index (χ0) is 20.8. The fourth-order valence-electron chi connectivity index (χ4n) is 3.87. The van der Waals surface area contributed by atoms with E-state index in [0.29, 0.717) is 22.6 Å². The molecule has 2 atom stereocenters. The molecule has 0 amide bonds. The first-order valence-electron chi connectivity index (χ1n) is 9.56. The molecular formula is C24H16Br2O4. The number of carbonyl (C=O) groups excluding carboxylic acids is 2. The van der Waals surface area contributed by atoms with Crippen LogP contribution >= 0.6 is 31.9 Å². The van der Waals surface area contributed by atoms with Crippen molar-refractivity contribution in [2.24, 2.45) is 0 Å². The smallest absolute Gasteiger partial charge is 0.170 e. The standard InChI is InChI=1S/C24H16Br2O4/c25-15-5-1-13(2-6-15)21-10-19(27)17-9-18-20(28)11-22(14-3-7-16(26)8-4-14)30-24(18)12-23(17)29-21/h1-9,12,21-22H,10-11H2/t21-,22+. The fourth-order valence-corrected chi connectivity index (χ4v) is 4.39. The minimum absolute atomic E-state index is 0.0326. The predicted octanol–water partition coefficient (Wildman–Crippen LogP) is 6.62. The Hall–Kier alpha value is -2.44. The number of rotatable bonds is 2. The summed E-state index contributed by atoms with van der Waals surface area (Å²) in [4.78, 5) is 25.6. The summed E-state index contributed by atoms with van der Waals surface area (Å²) in [6.07, 6.45) is -0.246. The van der Waals surface area contributed by atoms with Crippen LogP contribution in [0.2, 0.25) is 0 Å². The number of hydrogen-bond donors (Lipinski definition) is 0. The number of Topliss-reactive ketones (excluding diaryl/α,β-unsaturated/α-hetero) is 2. The number of ether oxygens (including phenoxy) is 2. The number of fused-ring (bicyclic) bond motifs is 2. The van der Waals surface area contributed by atoms with Gasteiger partial charge in [0.25, 0.3) is 0 Å². The lowest BCUT2D eigenvalue weighted by atomic mass is 9.91. The molecule has 2 aliphatic heterocycles. The van der Waals surface area contributed by atoms with Gasteiger partial charge in [0.05, 0.1) is 24.0 Å². The quantitative estimate of drug-likeness (QED) is 0.375. The van der Waals surface area contributed by atoms with Crippen molar-refractivity contribution in [1.29, 1.82) is 0 Å². The summed E-state index contributed by atoms with van der Waals surface area (Å²) in [5.74, 6) is 0.856. The number of benzene rings is 3. The summed E-state index contributed by atoms with van der Waals surface area (Å²) in [6.45, 7) is 0. The molecule has 0 N–H and O–H groups in total. The van der Waals surface area contributed by atoms with Crippen LogP contribution in [-0.4, -0.2) is 11.6 Å². The first-order valence-corrected chi connectivity index (χ1v) is 11.2. The molecule has 150 valence electrons. The summed E-state index contributed by atoms with van der Waals surface area (Å²) in [5, 5.41) is 0. The zero-order valence-corrected chi connectivity index (χ0v) is 18.9. The molecular weight excluding hydrogens is 512 g/mol. The van der Waals surface area contributed by atoms with E-state index < -0.39 is 0 Å². The zero-order valence-electron chi connectivity index (χ0n) is 15.7. The third kappa shape index (κ3) is 3.59. The van der Waals surface area contributed by atoms with Gasteiger partial charge in [-0.25, -0.2) is 0 Å². The van der Waals surface area contributed by atoms with Gasteiger partial charge in [-0.1, -0.05) is 56.1 Å². The lowest BCUT2D eigenvalue weighted by molar-refractivity contribution is 0.0831. The van der Waals surface area contributed by atoms with Gasteiger partial charge in [0.1, 0.15) is 23.7 Å². The van der Waals surface area contributed by atoms with Gasteiger partial charge < -0.3 is 9.47 Å². The number of halogens is 2. The van der Waals surface area contributed by atoms with E-state index in [1.54, 1.807) is 12.1 Å². The van der Waals surface area contributed by atoms with E-state index in [2.05, 4.69) is 31.9 Å². The monoisotopic (exact) mass is 526 g/mol. The summed E-state index contributed by atoms with van der Waals surface area (Å²) in [5.41, 5.74) is 2.75. The number of ketones is 2. The largest absolute Gasteiger partial charge is 0.484 e. The molecule has 3 aromatic carbocycles. The van der Waals surface area contributed by atoms with E-state index in [1.807, 2.05) is 48.5 Å². The van der Waals surface area contributed by atoms with Crippen molar-refractivity contribution in [2.75, 3.05) is 0 Å². The van der Waals surface area contributed by atoms with Gasteiger partial charge in [0, 0.05) is 15.0 Å². The van der Waals surface area contributed by atoms with Crippen molar-refractivity contribution in [3.63, 3.8) is 0 Å². The first kappa shape index (κ1) is 19.5. The Morgan fingerprint density at radius 3 is 1.43 bits per heavy atom. The van der Waals surface area contributed by atoms with Crippen LogP contribution in [0.5, 0.6) is 11.5 Å². The molecule has 6 heteroatoms. The first-order chi connectivity index (χ1) is 14.5. The molecule has 0 saturated carbocycles. The maximum absolute atomic E-state index is 12.8. The van der Waals surface area contributed by atoms with E-state index in [9.17, 15) is 9.59 Å². The Kier molecular flexibility index (Phi) is 4.99. The van der Waals surface area contributed by atoms with Crippen LogP contribution in [0, 0.1) is 0 Å². The highest BCUT2D eigenvalue weighted by atomic mass is 79.9. The van der Waals surface area contributed by atoms with Crippen LogP contribution in [0.4, 0.5) is 0 Å². The minimum Gasteiger partial charge on any atom is -0.484 e. The van der Waals surface area contributed by atoms with Crippen molar-refractivity contribution >= 4 is 43.4 Å². The highest BCUT2D eigenvalue weighted by Gasteiger charge is 2.34. The van der Waals surface area contributed by atoms with Crippen LogP contribution in [0.15, 0.2) is 69.6 Å². The molecule has 0 fully saturated rings. The maximum Gasteiger partial charge on any atom is 0.170 e. The van der Waals surface area contributed by atoms with E-state index in [1.165, 1.54) is 0 Å². The Balaban J connectivity index is 1.48. The minimum atomic E-state index is -0.363. The van der Waals surface area contributed by atoms with Crippen molar-refractivity contribution in [1.82, 2.24) is 0 Å². The molecule has 30 heavy (non-hydrogen) atoms. The molecule has 0 aliphatic carbocycles. The molecule has 4 nitrogen and oxygen atoms in total. The molecule has 5 rings (SSSR count). The molecule has 2 heterocycles. The van der Waals surface area contributed by atoms with Gasteiger partial charge in [-0.2, -0.15) is 0 Å². The second kappa shape index (κ2) is 7.67. The van der Waals surface area contributed by atoms with Gasteiger partial charge >= 0.3 is 0 Å². The normalized spacial score (nSPS) is 20.1. The number of carbonyl (C=O) groups is 2. The number of hydrogen-bond acceptors (Lipinski definition) is 4. The van der Waals surface area contributed by atoms with Crippen LogP contribution in [0.1, 0.15) is 56.9 Å². The molecule has 0 radical (unpaired) electrons. The van der Waals surface area contributed by atoms with Crippen molar-refractivity contribution in [2.45, 2.75) is 25.0 Å². The third-order valence-corrected chi connectivity index (χ3v) is 6.50. The Bertz CT molecular complexity index is 1060. The van der Waals surface area contributed by atoms with Crippen LogP contribution in [0.25, 0.3) is 0 Å². The average Bonchev–Trinajstić information content (AvgIpc) is 2.73. The predicted molar refractivity (Wildman–Crippen MR) is 119 cm³/mol. The second-order valence-corrected chi connectivity index (χ2v) is 9.25. The van der Waals surface area contributed by atoms with Crippen LogP contribution < -0.4 is 9.47 Å². The molecule has 0 saturated heterocycles. The molecule has 0 aromatic heterocycles. The molecule has 0 unspecified atom stereocenters. The van der Waals surface area contributed by atoms with Gasteiger partial charge in [-0.15, -0.1) is 0 Å². The summed E-state index contributed by atoms with van der Waals surface area (Å²) >= 11 is 6.85. The van der Waals surface area contributed by atoms with Gasteiger partial charge in [-0.05, 0) is 41.5 Å². The van der Waals surface area contributed by atoms with E-state index in [-0.39, 0.29) is 36.6 Å². The summed E-state index contributed by atoms with van der Waals surface area (Å²) in [6, 6.07) is 18.8. The third-order valence-electron chi connectivity index (χ3n) is 5.45. The average molecular weight is 528 g/mol. The fraction of sp³-hybridized carbons (Fsp3) is 0.167. The van der Waals surface area contributed by atoms with Crippen LogP contribution in [-0.2, 0) is 0 Å². The van der Waals surface area contributed by atoms with Crippen molar-refractivity contribution < 1.29 is 19.1 Å². The SMILES string of the molecule is O=C1C[C@@H](c2ccc(Br)cc2)Oc2cc3c(cc21)C(=O)C[C@H](c1ccc(Br)cc1)O3. The Morgan fingerprint density at radius 2 is 1.03 bits per heavy atom. The van der Waals surface area contributed by atoms with Crippen molar-refractivity contribution in [3.8, 4) is 11.5 Å². The van der Waals surface area contributed by atoms with E-state index in [4.69, 9.17) is 9.47 Å². The molecule has 2 aliphatic rings. The molecule has 3 aromatic rings. The molecule has 0 bridgehead atoms.